The third-order valence-electron chi connectivity index (χ3n) is 3.27. The van der Waals surface area contributed by atoms with E-state index in [2.05, 4.69) is 58.3 Å². The summed E-state index contributed by atoms with van der Waals surface area (Å²) in [7, 11) is 2.15. The molecule has 1 aromatic carbocycles. The Labute approximate surface area is 118 Å². The van der Waals surface area contributed by atoms with Crippen molar-refractivity contribution in [1.29, 1.82) is 0 Å². The zero-order valence-corrected chi connectivity index (χ0v) is 12.7. The highest BCUT2D eigenvalue weighted by Gasteiger charge is 2.16. The Balaban J connectivity index is 1.76. The number of hydrogen-bond donors (Lipinski definition) is 1. The topological polar surface area (TPSA) is 24.5 Å². The lowest BCUT2D eigenvalue weighted by molar-refractivity contribution is -0.0182. The molecule has 0 spiro atoms. The van der Waals surface area contributed by atoms with Gasteiger partial charge in [0.05, 0.1) is 12.7 Å². The molecule has 4 heteroatoms. The van der Waals surface area contributed by atoms with Crippen molar-refractivity contribution in [2.75, 3.05) is 33.3 Å². The number of ether oxygens (including phenoxy) is 1. The van der Waals surface area contributed by atoms with Crippen molar-refractivity contribution in [1.82, 2.24) is 10.2 Å². The van der Waals surface area contributed by atoms with E-state index in [4.69, 9.17) is 4.74 Å². The second kappa shape index (κ2) is 6.66. The number of benzene rings is 1. The zero-order chi connectivity index (χ0) is 13.0. The van der Waals surface area contributed by atoms with Crippen molar-refractivity contribution >= 4 is 15.9 Å². The summed E-state index contributed by atoms with van der Waals surface area (Å²) in [5.74, 6) is 0. The molecule has 1 heterocycles. The summed E-state index contributed by atoms with van der Waals surface area (Å²) in [5, 5.41) is 3.47. The summed E-state index contributed by atoms with van der Waals surface area (Å²) in [6.07, 6.45) is 0.320. The van der Waals surface area contributed by atoms with Gasteiger partial charge in [-0.15, -0.1) is 0 Å². The normalized spacial score (nSPS) is 21.2. The van der Waals surface area contributed by atoms with Crippen LogP contribution in [-0.4, -0.2) is 44.3 Å². The van der Waals surface area contributed by atoms with Gasteiger partial charge in [0.15, 0.2) is 0 Å². The maximum atomic E-state index is 5.72. The summed E-state index contributed by atoms with van der Waals surface area (Å²) < 4.78 is 6.89. The fraction of sp³-hybridized carbons (Fsp3) is 0.571. The van der Waals surface area contributed by atoms with E-state index < -0.39 is 0 Å². The highest BCUT2D eigenvalue weighted by Crippen LogP contribution is 2.16. The first kappa shape index (κ1) is 14.0. The Bertz CT molecular complexity index is 397. The first-order chi connectivity index (χ1) is 8.65. The Morgan fingerprint density at radius 2 is 2.33 bits per heavy atom. The molecule has 1 saturated heterocycles. The van der Waals surface area contributed by atoms with Gasteiger partial charge in [-0.3, -0.25) is 0 Å². The average molecular weight is 313 g/mol. The molecular formula is C14H21BrN2O. The van der Waals surface area contributed by atoms with Gasteiger partial charge in [0.2, 0.25) is 0 Å². The molecule has 2 rings (SSSR count). The molecule has 1 aromatic rings. The first-order valence-electron chi connectivity index (χ1n) is 6.41. The lowest BCUT2D eigenvalue weighted by Crippen LogP contribution is -2.44. The van der Waals surface area contributed by atoms with E-state index in [1.54, 1.807) is 0 Å². The molecular weight excluding hydrogens is 292 g/mol. The molecule has 0 amide bonds. The van der Waals surface area contributed by atoms with Crippen LogP contribution in [0.1, 0.15) is 11.1 Å². The van der Waals surface area contributed by atoms with E-state index in [0.717, 1.165) is 32.8 Å². The van der Waals surface area contributed by atoms with Gasteiger partial charge in [0.25, 0.3) is 0 Å². The van der Waals surface area contributed by atoms with Gasteiger partial charge in [-0.25, -0.2) is 0 Å². The number of rotatable bonds is 4. The van der Waals surface area contributed by atoms with Crippen LogP contribution < -0.4 is 5.32 Å². The second-order valence-corrected chi connectivity index (χ2v) is 5.82. The van der Waals surface area contributed by atoms with E-state index in [1.165, 1.54) is 15.6 Å². The molecule has 0 aromatic heterocycles. The van der Waals surface area contributed by atoms with Crippen LogP contribution in [0.3, 0.4) is 0 Å². The molecule has 1 N–H and O–H groups in total. The molecule has 1 aliphatic heterocycles. The molecule has 0 saturated carbocycles. The third kappa shape index (κ3) is 4.05. The number of likely N-dealkylation sites (N-methyl/N-ethyl adjacent to an activating group) is 1. The number of nitrogens with one attached hydrogen (secondary N) is 1. The number of hydrogen-bond acceptors (Lipinski definition) is 3. The minimum atomic E-state index is 0.320. The number of nitrogens with zero attached hydrogens (tertiary/aromatic N) is 1. The van der Waals surface area contributed by atoms with Crippen LogP contribution in [0.4, 0.5) is 0 Å². The van der Waals surface area contributed by atoms with Crippen molar-refractivity contribution in [2.24, 2.45) is 0 Å². The van der Waals surface area contributed by atoms with Crippen molar-refractivity contribution < 1.29 is 4.74 Å². The van der Waals surface area contributed by atoms with E-state index in [1.807, 2.05) is 0 Å². The molecule has 3 nitrogen and oxygen atoms in total. The van der Waals surface area contributed by atoms with Crippen LogP contribution >= 0.6 is 15.9 Å². The van der Waals surface area contributed by atoms with Crippen LogP contribution in [0.15, 0.2) is 22.7 Å². The minimum absolute atomic E-state index is 0.320. The monoisotopic (exact) mass is 312 g/mol. The van der Waals surface area contributed by atoms with Crippen LogP contribution in [0.5, 0.6) is 0 Å². The summed E-state index contributed by atoms with van der Waals surface area (Å²) in [5.41, 5.74) is 2.60. The zero-order valence-electron chi connectivity index (χ0n) is 11.1. The molecule has 0 bridgehead atoms. The molecule has 1 unspecified atom stereocenters. The molecule has 1 fully saturated rings. The maximum Gasteiger partial charge on any atom is 0.0826 e. The van der Waals surface area contributed by atoms with Gasteiger partial charge in [-0.1, -0.05) is 28.1 Å². The van der Waals surface area contributed by atoms with Crippen molar-refractivity contribution in [3.63, 3.8) is 0 Å². The van der Waals surface area contributed by atoms with Gasteiger partial charge in [0.1, 0.15) is 0 Å². The average Bonchev–Trinajstić information content (AvgIpc) is 2.34. The van der Waals surface area contributed by atoms with Crippen LogP contribution in [0.25, 0.3) is 0 Å². The highest BCUT2D eigenvalue weighted by molar-refractivity contribution is 9.10. The van der Waals surface area contributed by atoms with E-state index in [-0.39, 0.29) is 0 Å². The summed E-state index contributed by atoms with van der Waals surface area (Å²) in [6, 6.07) is 6.47. The van der Waals surface area contributed by atoms with Crippen LogP contribution in [-0.2, 0) is 11.3 Å². The molecule has 100 valence electrons. The van der Waals surface area contributed by atoms with Crippen LogP contribution in [0, 0.1) is 6.92 Å². The highest BCUT2D eigenvalue weighted by atomic mass is 79.9. The molecule has 0 aliphatic carbocycles. The SMILES string of the molecule is Cc1cc(CNCC2CN(C)CCO2)ccc1Br. The third-order valence-corrected chi connectivity index (χ3v) is 4.16. The lowest BCUT2D eigenvalue weighted by atomic mass is 10.1. The molecule has 1 aliphatic rings. The Morgan fingerprint density at radius 3 is 3.06 bits per heavy atom. The fourth-order valence-electron chi connectivity index (χ4n) is 2.18. The lowest BCUT2D eigenvalue weighted by Gasteiger charge is -2.30. The standard InChI is InChI=1S/C14H21BrN2O/c1-11-7-12(3-4-14(11)15)8-16-9-13-10-17(2)5-6-18-13/h3-4,7,13,16H,5-6,8-10H2,1-2H3. The summed E-state index contributed by atoms with van der Waals surface area (Å²) in [6.45, 7) is 6.85. The molecule has 18 heavy (non-hydrogen) atoms. The second-order valence-electron chi connectivity index (χ2n) is 4.97. The first-order valence-corrected chi connectivity index (χ1v) is 7.20. The van der Waals surface area contributed by atoms with Gasteiger partial charge >= 0.3 is 0 Å². The van der Waals surface area contributed by atoms with E-state index in [0.29, 0.717) is 6.10 Å². The van der Waals surface area contributed by atoms with E-state index in [9.17, 15) is 0 Å². The number of halogens is 1. The van der Waals surface area contributed by atoms with Gasteiger partial charge in [-0.05, 0) is 31.2 Å². The van der Waals surface area contributed by atoms with E-state index >= 15 is 0 Å². The van der Waals surface area contributed by atoms with Crippen molar-refractivity contribution in [2.45, 2.75) is 19.6 Å². The van der Waals surface area contributed by atoms with Crippen molar-refractivity contribution in [3.05, 3.63) is 33.8 Å². The summed E-state index contributed by atoms with van der Waals surface area (Å²) >= 11 is 3.52. The predicted molar refractivity (Wildman–Crippen MR) is 77.8 cm³/mol. The van der Waals surface area contributed by atoms with Gasteiger partial charge < -0.3 is 15.0 Å². The van der Waals surface area contributed by atoms with Gasteiger partial charge in [-0.2, -0.15) is 0 Å². The fourth-order valence-corrected chi connectivity index (χ4v) is 2.43. The van der Waals surface area contributed by atoms with Crippen molar-refractivity contribution in [3.8, 4) is 0 Å². The maximum absolute atomic E-state index is 5.72. The molecule has 0 radical (unpaired) electrons. The Kier molecular flexibility index (Phi) is 5.18. The van der Waals surface area contributed by atoms with Crippen LogP contribution in [0.2, 0.25) is 0 Å². The Hall–Kier alpha value is -0.420. The predicted octanol–water partition coefficient (Wildman–Crippen LogP) is 2.18. The quantitative estimate of drug-likeness (QED) is 0.922. The Morgan fingerprint density at radius 1 is 1.50 bits per heavy atom. The smallest absolute Gasteiger partial charge is 0.0826 e. The molecule has 1 atom stereocenters. The largest absolute Gasteiger partial charge is 0.374 e. The minimum Gasteiger partial charge on any atom is -0.374 e. The van der Waals surface area contributed by atoms with Gasteiger partial charge in [0, 0.05) is 30.7 Å². The summed E-state index contributed by atoms with van der Waals surface area (Å²) in [4.78, 5) is 2.32. The number of morpholine rings is 1. The number of aryl methyl sites for hydroxylation is 1.